The maximum absolute atomic E-state index is 12.1. The maximum Gasteiger partial charge on any atom is 0.410 e. The molecule has 1 aliphatic rings. The molecule has 4 nitrogen and oxygen atoms in total. The molecule has 1 amide bonds. The van der Waals surface area contributed by atoms with E-state index < -0.39 is 5.60 Å². The lowest BCUT2D eigenvalue weighted by Crippen LogP contribution is -2.44. The molecule has 124 valence electrons. The van der Waals surface area contributed by atoms with E-state index in [9.17, 15) is 4.79 Å². The minimum Gasteiger partial charge on any atom is -0.491 e. The first-order valence-electron chi connectivity index (χ1n) is 8.17. The molecule has 0 spiro atoms. The third-order valence-corrected chi connectivity index (χ3v) is 3.83. The Hall–Kier alpha value is -1.65. The predicted molar refractivity (Wildman–Crippen MR) is 92.8 cm³/mol. The molecular formula is C18H26BNO3. The number of amides is 1. The zero-order valence-electron chi connectivity index (χ0n) is 14.8. The third-order valence-electron chi connectivity index (χ3n) is 3.83. The summed E-state index contributed by atoms with van der Waals surface area (Å²) < 4.78 is 11.5. The maximum atomic E-state index is 12.1. The van der Waals surface area contributed by atoms with Gasteiger partial charge in [-0.15, -0.1) is 0 Å². The minimum atomic E-state index is -0.460. The molecule has 1 saturated heterocycles. The van der Waals surface area contributed by atoms with E-state index in [1.165, 1.54) is 0 Å². The van der Waals surface area contributed by atoms with Crippen molar-refractivity contribution in [3.8, 4) is 5.75 Å². The Bertz CT molecular complexity index is 549. The van der Waals surface area contributed by atoms with E-state index in [1.54, 1.807) is 4.90 Å². The monoisotopic (exact) mass is 315 g/mol. The summed E-state index contributed by atoms with van der Waals surface area (Å²) in [7, 11) is 6.07. The van der Waals surface area contributed by atoms with Crippen molar-refractivity contribution in [1.82, 2.24) is 4.90 Å². The first-order valence-corrected chi connectivity index (χ1v) is 8.17. The number of ether oxygens (including phenoxy) is 2. The Labute approximate surface area is 140 Å². The molecule has 23 heavy (non-hydrogen) atoms. The molecule has 0 N–H and O–H groups in total. The average molecular weight is 315 g/mol. The van der Waals surface area contributed by atoms with Gasteiger partial charge in [-0.1, -0.05) is 23.2 Å². The van der Waals surface area contributed by atoms with E-state index in [2.05, 4.69) is 6.07 Å². The van der Waals surface area contributed by atoms with Crippen LogP contribution in [0.15, 0.2) is 12.1 Å². The van der Waals surface area contributed by atoms with Crippen LogP contribution in [-0.2, 0) is 4.74 Å². The molecule has 1 fully saturated rings. The molecule has 0 saturated carbocycles. The van der Waals surface area contributed by atoms with Crippen LogP contribution in [0.4, 0.5) is 4.79 Å². The second-order valence-electron chi connectivity index (χ2n) is 7.28. The largest absolute Gasteiger partial charge is 0.491 e. The van der Waals surface area contributed by atoms with E-state index in [1.807, 2.05) is 40.7 Å². The van der Waals surface area contributed by atoms with E-state index in [0.717, 1.165) is 29.7 Å². The number of carbonyl (C=O) groups is 1. The Morgan fingerprint density at radius 1 is 1.22 bits per heavy atom. The molecule has 0 aliphatic carbocycles. The first kappa shape index (κ1) is 17.7. The van der Waals surface area contributed by atoms with E-state index >= 15 is 0 Å². The fourth-order valence-corrected chi connectivity index (χ4v) is 2.80. The zero-order chi connectivity index (χ0) is 17.2. The molecule has 1 aromatic rings. The number of benzene rings is 1. The number of nitrogens with zero attached hydrogens (tertiary/aromatic N) is 1. The standard InChI is InChI=1S/C18H26BNO3/c1-12-10-13(2)16(15(19)11-12)22-14-6-8-20(9-7-14)17(21)23-18(3,4)5/h10-11,14H,6-9H2,1-5H3. The molecule has 1 heterocycles. The van der Waals surface area contributed by atoms with E-state index in [4.69, 9.17) is 17.3 Å². The Morgan fingerprint density at radius 2 is 1.83 bits per heavy atom. The number of rotatable bonds is 2. The highest BCUT2D eigenvalue weighted by molar-refractivity contribution is 6.34. The number of likely N-dealkylation sites (tertiary alicyclic amines) is 1. The van der Waals surface area contributed by atoms with Gasteiger partial charge in [-0.25, -0.2) is 4.79 Å². The summed E-state index contributed by atoms with van der Waals surface area (Å²) in [6.45, 7) is 11.0. The number of hydrogen-bond donors (Lipinski definition) is 0. The summed E-state index contributed by atoms with van der Waals surface area (Å²) in [4.78, 5) is 13.8. The molecule has 2 rings (SSSR count). The molecule has 0 bridgehead atoms. The molecule has 0 aromatic heterocycles. The lowest BCUT2D eigenvalue weighted by atomic mass is 9.91. The van der Waals surface area contributed by atoms with Crippen molar-refractivity contribution in [2.45, 2.75) is 59.2 Å². The van der Waals surface area contributed by atoms with E-state index in [0.29, 0.717) is 18.6 Å². The predicted octanol–water partition coefficient (Wildman–Crippen LogP) is 2.88. The van der Waals surface area contributed by atoms with Crippen LogP contribution in [0, 0.1) is 13.8 Å². The van der Waals surface area contributed by atoms with Gasteiger partial charge in [-0.2, -0.15) is 0 Å². The molecule has 0 unspecified atom stereocenters. The Balaban J connectivity index is 1.92. The van der Waals surface area contributed by atoms with Gasteiger partial charge in [0.2, 0.25) is 0 Å². The van der Waals surface area contributed by atoms with Crippen molar-refractivity contribution in [2.24, 2.45) is 0 Å². The highest BCUT2D eigenvalue weighted by atomic mass is 16.6. The second-order valence-corrected chi connectivity index (χ2v) is 7.28. The highest BCUT2D eigenvalue weighted by Crippen LogP contribution is 2.22. The number of carbonyl (C=O) groups excluding carboxylic acids is 1. The number of aryl methyl sites for hydroxylation is 2. The second kappa shape index (κ2) is 6.85. The molecule has 2 radical (unpaired) electrons. The molecule has 5 heteroatoms. The summed E-state index contributed by atoms with van der Waals surface area (Å²) in [6, 6.07) is 4.00. The zero-order valence-corrected chi connectivity index (χ0v) is 14.8. The van der Waals surface area contributed by atoms with Crippen LogP contribution in [-0.4, -0.2) is 43.6 Å². The summed E-state index contributed by atoms with van der Waals surface area (Å²) >= 11 is 0. The van der Waals surface area contributed by atoms with Crippen molar-refractivity contribution in [3.05, 3.63) is 23.3 Å². The van der Waals surface area contributed by atoms with Crippen LogP contribution in [0.3, 0.4) is 0 Å². The van der Waals surface area contributed by atoms with Crippen LogP contribution in [0.5, 0.6) is 5.75 Å². The molecule has 1 aromatic carbocycles. The van der Waals surface area contributed by atoms with Gasteiger partial charge >= 0.3 is 6.09 Å². The van der Waals surface area contributed by atoms with E-state index in [-0.39, 0.29) is 12.2 Å². The summed E-state index contributed by atoms with van der Waals surface area (Å²) in [5, 5.41) is 0. The van der Waals surface area contributed by atoms with Crippen molar-refractivity contribution < 1.29 is 14.3 Å². The lowest BCUT2D eigenvalue weighted by Gasteiger charge is -2.34. The number of piperidine rings is 1. The summed E-state index contributed by atoms with van der Waals surface area (Å²) in [5.74, 6) is 0.770. The summed E-state index contributed by atoms with van der Waals surface area (Å²) in [5.41, 5.74) is 2.40. The van der Waals surface area contributed by atoms with Crippen molar-refractivity contribution in [2.75, 3.05) is 13.1 Å². The van der Waals surface area contributed by atoms with Crippen LogP contribution in [0.2, 0.25) is 0 Å². The third kappa shape index (κ3) is 4.91. The average Bonchev–Trinajstić information content (AvgIpc) is 2.41. The Kier molecular flexibility index (Phi) is 5.28. The van der Waals surface area contributed by atoms with Gasteiger partial charge < -0.3 is 14.4 Å². The van der Waals surface area contributed by atoms with Gasteiger partial charge in [0.05, 0.1) is 0 Å². The van der Waals surface area contributed by atoms with Gasteiger partial charge in [0, 0.05) is 25.9 Å². The van der Waals surface area contributed by atoms with Crippen LogP contribution < -0.4 is 10.2 Å². The van der Waals surface area contributed by atoms with Crippen LogP contribution >= 0.6 is 0 Å². The molecule has 1 aliphatic heterocycles. The van der Waals surface area contributed by atoms with Crippen molar-refractivity contribution >= 4 is 19.4 Å². The lowest BCUT2D eigenvalue weighted by molar-refractivity contribution is 0.0127. The fraction of sp³-hybridized carbons (Fsp3) is 0.611. The fourth-order valence-electron chi connectivity index (χ4n) is 2.80. The molecule has 0 atom stereocenters. The van der Waals surface area contributed by atoms with Gasteiger partial charge in [-0.3, -0.25) is 0 Å². The van der Waals surface area contributed by atoms with Gasteiger partial charge in [0.1, 0.15) is 25.3 Å². The minimum absolute atomic E-state index is 0.0809. The normalized spacial score (nSPS) is 16.3. The topological polar surface area (TPSA) is 38.8 Å². The van der Waals surface area contributed by atoms with Gasteiger partial charge in [-0.05, 0) is 40.2 Å². The highest BCUT2D eigenvalue weighted by Gasteiger charge is 2.28. The SMILES string of the molecule is [B]c1cc(C)cc(C)c1OC1CCN(C(=O)OC(C)(C)C)CC1. The smallest absolute Gasteiger partial charge is 0.410 e. The van der Waals surface area contributed by atoms with Crippen molar-refractivity contribution in [3.63, 3.8) is 0 Å². The molecular weight excluding hydrogens is 289 g/mol. The van der Waals surface area contributed by atoms with Crippen LogP contribution in [0.1, 0.15) is 44.7 Å². The quantitative estimate of drug-likeness (QED) is 0.788. The summed E-state index contributed by atoms with van der Waals surface area (Å²) in [6.07, 6.45) is 1.40. The first-order chi connectivity index (χ1) is 10.7. The van der Waals surface area contributed by atoms with Crippen LogP contribution in [0.25, 0.3) is 0 Å². The van der Waals surface area contributed by atoms with Gasteiger partial charge in [0.25, 0.3) is 0 Å². The number of hydrogen-bond acceptors (Lipinski definition) is 3. The van der Waals surface area contributed by atoms with Crippen molar-refractivity contribution in [1.29, 1.82) is 0 Å². The van der Waals surface area contributed by atoms with Gasteiger partial charge in [0.15, 0.2) is 0 Å². The Morgan fingerprint density at radius 3 is 2.35 bits per heavy atom.